The van der Waals surface area contributed by atoms with Gasteiger partial charge in [0.05, 0.1) is 5.56 Å². The highest BCUT2D eigenvalue weighted by atomic mass is 79.9. The molecule has 0 bridgehead atoms. The fourth-order valence-corrected chi connectivity index (χ4v) is 2.86. The van der Waals surface area contributed by atoms with E-state index in [1.807, 2.05) is 6.92 Å². The average Bonchev–Trinajstić information content (AvgIpc) is 2.47. The van der Waals surface area contributed by atoms with Crippen LogP contribution in [-0.4, -0.2) is 18.2 Å². The molecule has 0 fully saturated rings. The number of benzene rings is 2. The molecule has 2 nitrogen and oxygen atoms in total. The van der Waals surface area contributed by atoms with E-state index in [0.717, 1.165) is 10.6 Å². The molecule has 0 aromatic heterocycles. The van der Waals surface area contributed by atoms with Gasteiger partial charge in [-0.15, -0.1) is 11.8 Å². The van der Waals surface area contributed by atoms with Crippen molar-refractivity contribution < 1.29 is 9.18 Å². The zero-order valence-electron chi connectivity index (χ0n) is 11.5. The van der Waals surface area contributed by atoms with Gasteiger partial charge in [0.1, 0.15) is 5.82 Å². The molecule has 0 saturated carbocycles. The van der Waals surface area contributed by atoms with E-state index in [4.69, 9.17) is 0 Å². The van der Waals surface area contributed by atoms with Crippen LogP contribution in [0.15, 0.2) is 51.8 Å². The summed E-state index contributed by atoms with van der Waals surface area (Å²) < 4.78 is 14.2. The SMILES string of the molecule is Cc1ccc(SCCNC(=O)c2cc(Br)ccc2F)cc1. The number of hydrogen-bond donors (Lipinski definition) is 1. The Hall–Kier alpha value is -1.33. The Labute approximate surface area is 136 Å². The van der Waals surface area contributed by atoms with Gasteiger partial charge >= 0.3 is 0 Å². The fourth-order valence-electron chi connectivity index (χ4n) is 1.73. The molecule has 0 heterocycles. The van der Waals surface area contributed by atoms with E-state index in [1.165, 1.54) is 17.7 Å². The van der Waals surface area contributed by atoms with Gasteiger partial charge in [-0.05, 0) is 37.3 Å². The van der Waals surface area contributed by atoms with Crippen molar-refractivity contribution in [2.45, 2.75) is 11.8 Å². The number of hydrogen-bond acceptors (Lipinski definition) is 2. The minimum atomic E-state index is -0.512. The van der Waals surface area contributed by atoms with Gasteiger partial charge in [-0.1, -0.05) is 33.6 Å². The molecule has 0 aliphatic heterocycles. The van der Waals surface area contributed by atoms with E-state index >= 15 is 0 Å². The number of rotatable bonds is 5. The molecular formula is C16H15BrFNOS. The topological polar surface area (TPSA) is 29.1 Å². The first-order valence-corrected chi connectivity index (χ1v) is 8.27. The van der Waals surface area contributed by atoms with Crippen LogP contribution in [0.4, 0.5) is 4.39 Å². The van der Waals surface area contributed by atoms with Crippen molar-refractivity contribution in [2.75, 3.05) is 12.3 Å². The molecule has 0 atom stereocenters. The van der Waals surface area contributed by atoms with E-state index in [9.17, 15) is 9.18 Å². The summed E-state index contributed by atoms with van der Waals surface area (Å²) in [6.45, 7) is 2.53. The molecular weight excluding hydrogens is 353 g/mol. The lowest BCUT2D eigenvalue weighted by Crippen LogP contribution is -2.26. The van der Waals surface area contributed by atoms with Crippen LogP contribution in [0.5, 0.6) is 0 Å². The molecule has 0 saturated heterocycles. The molecule has 0 unspecified atom stereocenters. The third-order valence-electron chi connectivity index (χ3n) is 2.85. The number of aryl methyl sites for hydroxylation is 1. The molecule has 5 heteroatoms. The minimum absolute atomic E-state index is 0.0599. The molecule has 110 valence electrons. The van der Waals surface area contributed by atoms with Gasteiger partial charge in [-0.2, -0.15) is 0 Å². The summed E-state index contributed by atoms with van der Waals surface area (Å²) in [6.07, 6.45) is 0. The molecule has 21 heavy (non-hydrogen) atoms. The zero-order chi connectivity index (χ0) is 15.2. The fraction of sp³-hybridized carbons (Fsp3) is 0.188. The Bertz CT molecular complexity index is 631. The second-order valence-electron chi connectivity index (χ2n) is 4.54. The first-order valence-electron chi connectivity index (χ1n) is 6.49. The molecule has 2 aromatic rings. The standard InChI is InChI=1S/C16H15BrFNOS/c1-11-2-5-13(6-3-11)21-9-8-19-16(20)14-10-12(17)4-7-15(14)18/h2-7,10H,8-9H2,1H3,(H,19,20). The Morgan fingerprint density at radius 2 is 1.95 bits per heavy atom. The quantitative estimate of drug-likeness (QED) is 0.625. The number of carbonyl (C=O) groups is 1. The van der Waals surface area contributed by atoms with E-state index in [1.54, 1.807) is 17.8 Å². The summed E-state index contributed by atoms with van der Waals surface area (Å²) in [6, 6.07) is 12.5. The van der Waals surface area contributed by atoms with Gasteiger partial charge in [0.25, 0.3) is 5.91 Å². The monoisotopic (exact) mass is 367 g/mol. The second-order valence-corrected chi connectivity index (χ2v) is 6.63. The molecule has 0 spiro atoms. The van der Waals surface area contributed by atoms with Gasteiger partial charge in [-0.3, -0.25) is 4.79 Å². The maximum atomic E-state index is 13.5. The van der Waals surface area contributed by atoms with Crippen molar-refractivity contribution in [1.29, 1.82) is 0 Å². The number of carbonyl (C=O) groups excluding carboxylic acids is 1. The molecule has 0 aliphatic carbocycles. The summed E-state index contributed by atoms with van der Waals surface area (Å²) >= 11 is 4.89. The number of nitrogens with one attached hydrogen (secondary N) is 1. The molecule has 2 rings (SSSR count). The Morgan fingerprint density at radius 3 is 2.67 bits per heavy atom. The summed E-state index contributed by atoms with van der Waals surface area (Å²) in [4.78, 5) is 13.0. The van der Waals surface area contributed by atoms with Gasteiger partial charge < -0.3 is 5.32 Å². The summed E-state index contributed by atoms with van der Waals surface area (Å²) in [5.74, 6) is -0.162. The summed E-state index contributed by atoms with van der Waals surface area (Å²) in [5.41, 5.74) is 1.28. The third kappa shape index (κ3) is 4.86. The molecule has 0 aliphatic rings. The van der Waals surface area contributed by atoms with Gasteiger partial charge in [-0.25, -0.2) is 4.39 Å². The van der Waals surface area contributed by atoms with Crippen molar-refractivity contribution in [2.24, 2.45) is 0 Å². The first kappa shape index (κ1) is 16.0. The summed E-state index contributed by atoms with van der Waals surface area (Å²) in [5, 5.41) is 2.73. The lowest BCUT2D eigenvalue weighted by Gasteiger charge is -2.07. The van der Waals surface area contributed by atoms with Gasteiger partial charge in [0.15, 0.2) is 0 Å². The predicted molar refractivity (Wildman–Crippen MR) is 88.3 cm³/mol. The van der Waals surface area contributed by atoms with Crippen LogP contribution >= 0.6 is 27.7 Å². The maximum absolute atomic E-state index is 13.5. The van der Waals surface area contributed by atoms with Crippen LogP contribution in [-0.2, 0) is 0 Å². The van der Waals surface area contributed by atoms with Crippen LogP contribution in [0.2, 0.25) is 0 Å². The van der Waals surface area contributed by atoms with E-state index in [0.29, 0.717) is 11.0 Å². The van der Waals surface area contributed by atoms with Crippen molar-refractivity contribution in [1.82, 2.24) is 5.32 Å². The Kier molecular flexibility index (Phi) is 5.82. The molecule has 1 N–H and O–H groups in total. The predicted octanol–water partition coefficient (Wildman–Crippen LogP) is 4.42. The van der Waals surface area contributed by atoms with Crippen molar-refractivity contribution in [3.05, 3.63) is 63.9 Å². The third-order valence-corrected chi connectivity index (χ3v) is 4.36. The number of halogens is 2. The highest BCUT2D eigenvalue weighted by Gasteiger charge is 2.11. The van der Waals surface area contributed by atoms with E-state index in [-0.39, 0.29) is 5.56 Å². The molecule has 1 amide bonds. The van der Waals surface area contributed by atoms with Crippen LogP contribution < -0.4 is 5.32 Å². The van der Waals surface area contributed by atoms with Gasteiger partial charge in [0.2, 0.25) is 0 Å². The van der Waals surface area contributed by atoms with Crippen molar-refractivity contribution in [3.8, 4) is 0 Å². The van der Waals surface area contributed by atoms with E-state index < -0.39 is 11.7 Å². The lowest BCUT2D eigenvalue weighted by molar-refractivity contribution is 0.0952. The van der Waals surface area contributed by atoms with Crippen LogP contribution in [0.1, 0.15) is 15.9 Å². The highest BCUT2D eigenvalue weighted by molar-refractivity contribution is 9.10. The van der Waals surface area contributed by atoms with Crippen molar-refractivity contribution in [3.63, 3.8) is 0 Å². The Balaban J connectivity index is 1.81. The minimum Gasteiger partial charge on any atom is -0.351 e. The largest absolute Gasteiger partial charge is 0.351 e. The molecule has 0 radical (unpaired) electrons. The van der Waals surface area contributed by atoms with Gasteiger partial charge in [0, 0.05) is 21.7 Å². The normalized spacial score (nSPS) is 10.4. The maximum Gasteiger partial charge on any atom is 0.254 e. The summed E-state index contributed by atoms with van der Waals surface area (Å²) in [7, 11) is 0. The number of thioether (sulfide) groups is 1. The Morgan fingerprint density at radius 1 is 1.24 bits per heavy atom. The average molecular weight is 368 g/mol. The highest BCUT2D eigenvalue weighted by Crippen LogP contribution is 2.18. The second kappa shape index (κ2) is 7.61. The number of amides is 1. The van der Waals surface area contributed by atoms with E-state index in [2.05, 4.69) is 45.5 Å². The van der Waals surface area contributed by atoms with Crippen LogP contribution in [0.3, 0.4) is 0 Å². The molecule has 2 aromatic carbocycles. The lowest BCUT2D eigenvalue weighted by atomic mass is 10.2. The first-order chi connectivity index (χ1) is 10.1. The smallest absolute Gasteiger partial charge is 0.254 e. The van der Waals surface area contributed by atoms with Crippen LogP contribution in [0.25, 0.3) is 0 Å². The zero-order valence-corrected chi connectivity index (χ0v) is 13.9. The van der Waals surface area contributed by atoms with Crippen molar-refractivity contribution >= 4 is 33.6 Å². The van der Waals surface area contributed by atoms with Crippen LogP contribution in [0, 0.1) is 12.7 Å².